The van der Waals surface area contributed by atoms with Crippen molar-refractivity contribution in [1.82, 2.24) is 0 Å². The maximum atomic E-state index is 12.9. The highest BCUT2D eigenvalue weighted by Gasteiger charge is 2.67. The molecule has 2 amide bonds. The number of anilines is 1. The van der Waals surface area contributed by atoms with E-state index in [0.717, 1.165) is 6.42 Å². The Morgan fingerprint density at radius 3 is 2.77 bits per heavy atom. The normalized spacial score (nSPS) is 35.3. The summed E-state index contributed by atoms with van der Waals surface area (Å²) in [5, 5.41) is 9.09. The van der Waals surface area contributed by atoms with Crippen LogP contribution >= 0.6 is 0 Å². The molecule has 4 rings (SSSR count). The summed E-state index contributed by atoms with van der Waals surface area (Å²) in [7, 11) is 0. The Bertz CT molecular complexity index is 753. The summed E-state index contributed by atoms with van der Waals surface area (Å²) in [5.74, 6) is -1.57. The third kappa shape index (κ3) is 1.41. The van der Waals surface area contributed by atoms with E-state index in [0.29, 0.717) is 5.69 Å². The standard InChI is InChI=1S/C17H15NO4/c1-17-11-6-5-9(7-11)13(17)14(19)18(16(17)22)12-4-2-3-10(8-12)15(20)21/h2-6,8-9,11,13H,7H2,1H3,(H,20,21)/t9-,11-,13+,17+/m0/s1. The first kappa shape index (κ1) is 13.2. The first-order valence-corrected chi connectivity index (χ1v) is 7.34. The van der Waals surface area contributed by atoms with E-state index in [1.807, 2.05) is 19.1 Å². The van der Waals surface area contributed by atoms with Gasteiger partial charge in [0.15, 0.2) is 0 Å². The third-order valence-electron chi connectivity index (χ3n) is 5.46. The Kier molecular flexibility index (Phi) is 2.45. The molecule has 1 saturated carbocycles. The molecule has 3 aliphatic rings. The van der Waals surface area contributed by atoms with Gasteiger partial charge in [0.05, 0.1) is 22.6 Å². The molecule has 5 heteroatoms. The highest BCUT2D eigenvalue weighted by Crippen LogP contribution is 2.60. The van der Waals surface area contributed by atoms with Crippen LogP contribution < -0.4 is 4.90 Å². The van der Waals surface area contributed by atoms with Gasteiger partial charge in [-0.2, -0.15) is 0 Å². The molecule has 0 unspecified atom stereocenters. The van der Waals surface area contributed by atoms with Crippen LogP contribution in [-0.2, 0) is 9.59 Å². The van der Waals surface area contributed by atoms with Crippen molar-refractivity contribution in [3.8, 4) is 0 Å². The summed E-state index contributed by atoms with van der Waals surface area (Å²) in [6, 6.07) is 6.01. The van der Waals surface area contributed by atoms with Crippen LogP contribution in [0.25, 0.3) is 0 Å². The number of hydrogen-bond acceptors (Lipinski definition) is 3. The number of imide groups is 1. The zero-order chi connectivity index (χ0) is 15.6. The SMILES string of the molecule is C[C@]12C(=O)N(c3cccc(C(=O)O)c3)C(=O)[C@H]1[C@H]1C=C[C@H]2C1. The van der Waals surface area contributed by atoms with Gasteiger partial charge in [0.2, 0.25) is 11.8 Å². The van der Waals surface area contributed by atoms with Gasteiger partial charge in [0, 0.05) is 0 Å². The Hall–Kier alpha value is -2.43. The van der Waals surface area contributed by atoms with Gasteiger partial charge in [-0.15, -0.1) is 0 Å². The molecule has 2 bridgehead atoms. The fourth-order valence-electron chi connectivity index (χ4n) is 4.33. The second-order valence-corrected chi connectivity index (χ2v) is 6.49. The van der Waals surface area contributed by atoms with Crippen LogP contribution in [0.2, 0.25) is 0 Å². The molecular formula is C17H15NO4. The van der Waals surface area contributed by atoms with Gasteiger partial charge in [0.25, 0.3) is 0 Å². The third-order valence-corrected chi connectivity index (χ3v) is 5.46. The van der Waals surface area contributed by atoms with Crippen molar-refractivity contribution in [2.45, 2.75) is 13.3 Å². The number of fused-ring (bicyclic) bond motifs is 5. The van der Waals surface area contributed by atoms with E-state index in [1.165, 1.54) is 17.0 Å². The van der Waals surface area contributed by atoms with Crippen molar-refractivity contribution in [1.29, 1.82) is 0 Å². The maximum absolute atomic E-state index is 12.9. The lowest BCUT2D eigenvalue weighted by molar-refractivity contribution is -0.127. The number of hydrogen-bond donors (Lipinski definition) is 1. The van der Waals surface area contributed by atoms with Crippen LogP contribution in [0.5, 0.6) is 0 Å². The number of carbonyl (C=O) groups excluding carboxylic acids is 2. The molecule has 1 aromatic carbocycles. The fraction of sp³-hybridized carbons (Fsp3) is 0.353. The average Bonchev–Trinajstić information content (AvgIpc) is 3.12. The second kappa shape index (κ2) is 4.06. The fourth-order valence-corrected chi connectivity index (χ4v) is 4.33. The van der Waals surface area contributed by atoms with Gasteiger partial charge in [-0.25, -0.2) is 9.69 Å². The summed E-state index contributed by atoms with van der Waals surface area (Å²) in [6.45, 7) is 1.87. The molecule has 1 N–H and O–H groups in total. The Balaban J connectivity index is 1.79. The number of rotatable bonds is 2. The summed E-state index contributed by atoms with van der Waals surface area (Å²) in [4.78, 5) is 38.0. The molecule has 2 aliphatic carbocycles. The quantitative estimate of drug-likeness (QED) is 0.670. The molecule has 0 radical (unpaired) electrons. The number of amides is 2. The second-order valence-electron chi connectivity index (χ2n) is 6.49. The number of nitrogens with zero attached hydrogens (tertiary/aromatic N) is 1. The Labute approximate surface area is 127 Å². The van der Waals surface area contributed by atoms with E-state index in [9.17, 15) is 14.4 Å². The van der Waals surface area contributed by atoms with Crippen LogP contribution in [0.3, 0.4) is 0 Å². The van der Waals surface area contributed by atoms with Crippen molar-refractivity contribution in [3.63, 3.8) is 0 Å². The first-order chi connectivity index (χ1) is 10.4. The summed E-state index contributed by atoms with van der Waals surface area (Å²) in [5.41, 5.74) is -0.262. The molecule has 5 nitrogen and oxygen atoms in total. The van der Waals surface area contributed by atoms with E-state index < -0.39 is 11.4 Å². The number of carboxylic acids is 1. The Morgan fingerprint density at radius 1 is 1.32 bits per heavy atom. The molecule has 1 aliphatic heterocycles. The molecule has 112 valence electrons. The smallest absolute Gasteiger partial charge is 0.335 e. The Morgan fingerprint density at radius 2 is 2.09 bits per heavy atom. The van der Waals surface area contributed by atoms with Crippen molar-refractivity contribution >= 4 is 23.5 Å². The van der Waals surface area contributed by atoms with Gasteiger partial charge in [0.1, 0.15) is 0 Å². The van der Waals surface area contributed by atoms with Gasteiger partial charge >= 0.3 is 5.97 Å². The average molecular weight is 297 g/mol. The van der Waals surface area contributed by atoms with Crippen molar-refractivity contribution < 1.29 is 19.5 Å². The highest BCUT2D eigenvalue weighted by atomic mass is 16.4. The van der Waals surface area contributed by atoms with Crippen LogP contribution in [0, 0.1) is 23.2 Å². The topological polar surface area (TPSA) is 74.7 Å². The lowest BCUT2D eigenvalue weighted by Gasteiger charge is -2.28. The summed E-state index contributed by atoms with van der Waals surface area (Å²) >= 11 is 0. The molecule has 22 heavy (non-hydrogen) atoms. The molecule has 0 aromatic heterocycles. The first-order valence-electron chi connectivity index (χ1n) is 7.34. The number of aromatic carboxylic acids is 1. The van der Waals surface area contributed by atoms with Gasteiger partial charge < -0.3 is 5.11 Å². The largest absolute Gasteiger partial charge is 0.478 e. The maximum Gasteiger partial charge on any atom is 0.335 e. The summed E-state index contributed by atoms with van der Waals surface area (Å²) in [6.07, 6.45) is 4.95. The lowest BCUT2D eigenvalue weighted by Crippen LogP contribution is -2.37. The van der Waals surface area contributed by atoms with Gasteiger partial charge in [-0.05, 0) is 43.4 Å². The van der Waals surface area contributed by atoms with Crippen molar-refractivity contribution in [3.05, 3.63) is 42.0 Å². The minimum atomic E-state index is -1.07. The summed E-state index contributed by atoms with van der Waals surface area (Å²) < 4.78 is 0. The zero-order valence-corrected chi connectivity index (χ0v) is 12.0. The predicted molar refractivity (Wildman–Crippen MR) is 78.2 cm³/mol. The molecule has 1 heterocycles. The van der Waals surface area contributed by atoms with E-state index in [-0.39, 0.29) is 35.1 Å². The lowest BCUT2D eigenvalue weighted by atomic mass is 9.71. The molecule has 1 aromatic rings. The van der Waals surface area contributed by atoms with Crippen molar-refractivity contribution in [2.24, 2.45) is 23.2 Å². The van der Waals surface area contributed by atoms with E-state index in [1.54, 1.807) is 12.1 Å². The number of carboxylic acid groups (broad SMARTS) is 1. The monoisotopic (exact) mass is 297 g/mol. The van der Waals surface area contributed by atoms with Gasteiger partial charge in [-0.1, -0.05) is 18.2 Å². The van der Waals surface area contributed by atoms with E-state index in [2.05, 4.69) is 0 Å². The minimum Gasteiger partial charge on any atom is -0.478 e. The van der Waals surface area contributed by atoms with Crippen molar-refractivity contribution in [2.75, 3.05) is 4.90 Å². The van der Waals surface area contributed by atoms with Crippen LogP contribution in [0.15, 0.2) is 36.4 Å². The highest BCUT2D eigenvalue weighted by molar-refractivity contribution is 6.24. The molecule has 1 saturated heterocycles. The molecular weight excluding hydrogens is 282 g/mol. The van der Waals surface area contributed by atoms with Gasteiger partial charge in [-0.3, -0.25) is 9.59 Å². The van der Waals surface area contributed by atoms with E-state index in [4.69, 9.17) is 5.11 Å². The van der Waals surface area contributed by atoms with Crippen LogP contribution in [0.1, 0.15) is 23.7 Å². The van der Waals surface area contributed by atoms with Crippen LogP contribution in [0.4, 0.5) is 5.69 Å². The molecule has 2 fully saturated rings. The molecule has 4 atom stereocenters. The number of allylic oxidation sites excluding steroid dienone is 2. The number of benzene rings is 1. The van der Waals surface area contributed by atoms with E-state index >= 15 is 0 Å². The predicted octanol–water partition coefficient (Wildman–Crippen LogP) is 2.09. The minimum absolute atomic E-state index is 0.0707. The van der Waals surface area contributed by atoms with Crippen LogP contribution in [-0.4, -0.2) is 22.9 Å². The number of carbonyl (C=O) groups is 3. The zero-order valence-electron chi connectivity index (χ0n) is 12.0. The molecule has 0 spiro atoms.